The summed E-state index contributed by atoms with van der Waals surface area (Å²) in [5.41, 5.74) is 3.10. The number of benzene rings is 1. The largest absolute Gasteiger partial charge is 0.373 e. The molecule has 17 heavy (non-hydrogen) atoms. The third-order valence-corrected chi connectivity index (χ3v) is 3.11. The van der Waals surface area contributed by atoms with Crippen molar-refractivity contribution in [3.05, 3.63) is 29.3 Å². The first kappa shape index (κ1) is 14.1. The van der Waals surface area contributed by atoms with Gasteiger partial charge in [0.2, 0.25) is 0 Å². The van der Waals surface area contributed by atoms with Crippen molar-refractivity contribution < 1.29 is 0 Å². The van der Waals surface area contributed by atoms with Gasteiger partial charge >= 0.3 is 0 Å². The molecule has 92 valence electrons. The Morgan fingerprint density at radius 1 is 1.35 bits per heavy atom. The van der Waals surface area contributed by atoms with Gasteiger partial charge in [0.15, 0.2) is 0 Å². The van der Waals surface area contributed by atoms with E-state index in [9.17, 15) is 5.26 Å². The maximum Gasteiger partial charge on any atom is 0.101 e. The summed E-state index contributed by atoms with van der Waals surface area (Å²) >= 11 is 3.41. The summed E-state index contributed by atoms with van der Waals surface area (Å²) in [5.74, 6) is 0. The fraction of sp³-hybridized carbons (Fsp3) is 0.500. The van der Waals surface area contributed by atoms with E-state index in [0.29, 0.717) is 0 Å². The standard InChI is InChI=1S/C14H19BrN2/c1-14(2,3)10-17(4)13-6-5-11(8-15)7-12(13)9-16/h5-7H,8,10H2,1-4H3. The Bertz CT molecular complexity index is 427. The molecule has 0 radical (unpaired) electrons. The highest BCUT2D eigenvalue weighted by atomic mass is 79.9. The minimum atomic E-state index is 0.218. The highest BCUT2D eigenvalue weighted by molar-refractivity contribution is 9.08. The molecule has 0 N–H and O–H groups in total. The lowest BCUT2D eigenvalue weighted by molar-refractivity contribution is 0.419. The molecule has 1 aromatic rings. The number of nitrogens with zero attached hydrogens (tertiary/aromatic N) is 2. The SMILES string of the molecule is CN(CC(C)(C)C)c1ccc(CBr)cc1C#N. The maximum atomic E-state index is 9.19. The lowest BCUT2D eigenvalue weighted by Gasteiger charge is -2.29. The molecule has 0 saturated carbocycles. The molecule has 1 rings (SSSR count). The van der Waals surface area contributed by atoms with Gasteiger partial charge in [-0.25, -0.2) is 0 Å². The van der Waals surface area contributed by atoms with E-state index in [-0.39, 0.29) is 5.41 Å². The van der Waals surface area contributed by atoms with Gasteiger partial charge in [-0.3, -0.25) is 0 Å². The monoisotopic (exact) mass is 294 g/mol. The van der Waals surface area contributed by atoms with E-state index in [0.717, 1.165) is 28.7 Å². The minimum absolute atomic E-state index is 0.218. The summed E-state index contributed by atoms with van der Waals surface area (Å²) in [7, 11) is 2.04. The second-order valence-corrected chi connectivity index (χ2v) is 6.07. The first-order valence-electron chi connectivity index (χ1n) is 5.67. The molecular weight excluding hydrogens is 276 g/mol. The van der Waals surface area contributed by atoms with E-state index < -0.39 is 0 Å². The molecule has 0 aromatic heterocycles. The van der Waals surface area contributed by atoms with Crippen LogP contribution in [0.2, 0.25) is 0 Å². The van der Waals surface area contributed by atoms with E-state index in [4.69, 9.17) is 0 Å². The highest BCUT2D eigenvalue weighted by Gasteiger charge is 2.16. The summed E-state index contributed by atoms with van der Waals surface area (Å²) in [5, 5.41) is 9.98. The summed E-state index contributed by atoms with van der Waals surface area (Å²) in [6.45, 7) is 7.52. The van der Waals surface area contributed by atoms with Crippen LogP contribution in [0.15, 0.2) is 18.2 Å². The van der Waals surface area contributed by atoms with Crippen molar-refractivity contribution in [1.82, 2.24) is 0 Å². The minimum Gasteiger partial charge on any atom is -0.373 e. The van der Waals surface area contributed by atoms with E-state index in [1.165, 1.54) is 0 Å². The first-order chi connectivity index (χ1) is 7.87. The summed E-state index contributed by atoms with van der Waals surface area (Å²) < 4.78 is 0. The summed E-state index contributed by atoms with van der Waals surface area (Å²) in [6, 6.07) is 8.31. The fourth-order valence-corrected chi connectivity index (χ4v) is 2.23. The number of rotatable bonds is 3. The van der Waals surface area contributed by atoms with Crippen LogP contribution in [0.3, 0.4) is 0 Å². The number of hydrogen-bond donors (Lipinski definition) is 0. The second kappa shape index (κ2) is 5.55. The molecule has 0 aliphatic heterocycles. The highest BCUT2D eigenvalue weighted by Crippen LogP contribution is 2.25. The zero-order valence-corrected chi connectivity index (χ0v) is 12.5. The molecule has 0 aliphatic rings. The molecule has 0 bridgehead atoms. The Kier molecular flexibility index (Phi) is 4.59. The summed E-state index contributed by atoms with van der Waals surface area (Å²) in [6.07, 6.45) is 0. The van der Waals surface area contributed by atoms with Crippen LogP contribution in [0.25, 0.3) is 0 Å². The van der Waals surface area contributed by atoms with Gasteiger partial charge in [-0.15, -0.1) is 0 Å². The van der Waals surface area contributed by atoms with Gasteiger partial charge in [0.1, 0.15) is 6.07 Å². The van der Waals surface area contributed by atoms with Crippen LogP contribution in [0.1, 0.15) is 31.9 Å². The third-order valence-electron chi connectivity index (χ3n) is 2.46. The Morgan fingerprint density at radius 2 is 2.00 bits per heavy atom. The van der Waals surface area contributed by atoms with Crippen LogP contribution >= 0.6 is 15.9 Å². The topological polar surface area (TPSA) is 27.0 Å². The van der Waals surface area contributed by atoms with Crippen molar-refractivity contribution in [1.29, 1.82) is 5.26 Å². The van der Waals surface area contributed by atoms with Gasteiger partial charge in [-0.2, -0.15) is 5.26 Å². The molecule has 0 unspecified atom stereocenters. The van der Waals surface area contributed by atoms with Gasteiger partial charge < -0.3 is 4.90 Å². The predicted molar refractivity (Wildman–Crippen MR) is 76.5 cm³/mol. The van der Waals surface area contributed by atoms with Gasteiger partial charge in [0, 0.05) is 18.9 Å². The normalized spacial score (nSPS) is 11.1. The van der Waals surface area contributed by atoms with E-state index >= 15 is 0 Å². The average molecular weight is 295 g/mol. The van der Waals surface area contributed by atoms with Gasteiger partial charge in [-0.1, -0.05) is 42.8 Å². The van der Waals surface area contributed by atoms with Gasteiger partial charge in [0.25, 0.3) is 0 Å². The molecule has 1 aromatic carbocycles. The van der Waals surface area contributed by atoms with Gasteiger partial charge in [0.05, 0.1) is 11.3 Å². The maximum absolute atomic E-state index is 9.19. The van der Waals surface area contributed by atoms with Crippen LogP contribution in [0.5, 0.6) is 0 Å². The van der Waals surface area contributed by atoms with Crippen LogP contribution in [0.4, 0.5) is 5.69 Å². The van der Waals surface area contributed by atoms with Crippen LogP contribution < -0.4 is 4.90 Å². The Morgan fingerprint density at radius 3 is 2.47 bits per heavy atom. The van der Waals surface area contributed by atoms with Crippen molar-refractivity contribution in [3.63, 3.8) is 0 Å². The number of alkyl halides is 1. The molecule has 0 fully saturated rings. The Labute approximate surface area is 112 Å². The smallest absolute Gasteiger partial charge is 0.101 e. The zero-order chi connectivity index (χ0) is 13.1. The number of hydrogen-bond acceptors (Lipinski definition) is 2. The van der Waals surface area contributed by atoms with E-state index in [1.807, 2.05) is 19.2 Å². The summed E-state index contributed by atoms with van der Waals surface area (Å²) in [4.78, 5) is 2.15. The predicted octanol–water partition coefficient (Wildman–Crippen LogP) is 3.94. The molecule has 0 amide bonds. The van der Waals surface area contributed by atoms with Crippen molar-refractivity contribution in [2.24, 2.45) is 5.41 Å². The lowest BCUT2D eigenvalue weighted by atomic mass is 9.95. The molecule has 0 aliphatic carbocycles. The van der Waals surface area contributed by atoms with E-state index in [1.54, 1.807) is 0 Å². The number of nitriles is 1. The molecule has 0 heterocycles. The number of halogens is 1. The molecule has 0 atom stereocenters. The Hall–Kier alpha value is -1.01. The van der Waals surface area contributed by atoms with E-state index in [2.05, 4.69) is 53.7 Å². The fourth-order valence-electron chi connectivity index (χ4n) is 1.89. The second-order valence-electron chi connectivity index (χ2n) is 5.51. The molecule has 2 nitrogen and oxygen atoms in total. The zero-order valence-electron chi connectivity index (χ0n) is 10.9. The molecule has 0 spiro atoms. The molecule has 0 saturated heterocycles. The van der Waals surface area contributed by atoms with Crippen molar-refractivity contribution in [2.45, 2.75) is 26.1 Å². The third kappa shape index (κ3) is 4.05. The lowest BCUT2D eigenvalue weighted by Crippen LogP contribution is -2.29. The first-order valence-corrected chi connectivity index (χ1v) is 6.79. The van der Waals surface area contributed by atoms with Crippen molar-refractivity contribution >= 4 is 21.6 Å². The molecule has 3 heteroatoms. The number of anilines is 1. The van der Waals surface area contributed by atoms with Crippen LogP contribution in [-0.4, -0.2) is 13.6 Å². The van der Waals surface area contributed by atoms with Gasteiger partial charge in [-0.05, 0) is 23.1 Å². The van der Waals surface area contributed by atoms with Crippen LogP contribution in [0, 0.1) is 16.7 Å². The van der Waals surface area contributed by atoms with Crippen molar-refractivity contribution in [3.8, 4) is 6.07 Å². The average Bonchev–Trinajstić information content (AvgIpc) is 2.25. The molecular formula is C14H19BrN2. The quantitative estimate of drug-likeness (QED) is 0.790. The van der Waals surface area contributed by atoms with Crippen LogP contribution in [-0.2, 0) is 5.33 Å². The van der Waals surface area contributed by atoms with Crippen molar-refractivity contribution in [2.75, 3.05) is 18.5 Å². The Balaban J connectivity index is 3.02.